The quantitative estimate of drug-likeness (QED) is 0.448. The van der Waals surface area contributed by atoms with E-state index in [1.54, 1.807) is 12.4 Å². The highest BCUT2D eigenvalue weighted by molar-refractivity contribution is 5.97. The van der Waals surface area contributed by atoms with Gasteiger partial charge in [0, 0.05) is 24.5 Å². The fourth-order valence-corrected chi connectivity index (χ4v) is 4.23. The lowest BCUT2D eigenvalue weighted by atomic mass is 9.98. The molecule has 4 aromatic rings. The first-order valence-electron chi connectivity index (χ1n) is 10.4. The fourth-order valence-electron chi connectivity index (χ4n) is 4.23. The predicted molar refractivity (Wildman–Crippen MR) is 121 cm³/mol. The van der Waals surface area contributed by atoms with Gasteiger partial charge in [0.2, 0.25) is 5.88 Å². The van der Waals surface area contributed by atoms with Crippen LogP contribution in [0.2, 0.25) is 0 Å². The molecule has 7 nitrogen and oxygen atoms in total. The highest BCUT2D eigenvalue weighted by Gasteiger charge is 2.54. The SMILES string of the molecule is NCc1cccc(-c2noc(N(C(=O)O)C3(c4ccccc4)CC3)c2-c2ccncc2)c1. The number of benzene rings is 2. The Bertz CT molecular complexity index is 1250. The van der Waals surface area contributed by atoms with Crippen molar-refractivity contribution in [1.29, 1.82) is 0 Å². The molecule has 2 aromatic carbocycles. The molecule has 1 fully saturated rings. The first-order chi connectivity index (χ1) is 15.6. The van der Waals surface area contributed by atoms with E-state index in [9.17, 15) is 9.90 Å². The average Bonchev–Trinajstić information content (AvgIpc) is 3.52. The van der Waals surface area contributed by atoms with Crippen LogP contribution in [0.5, 0.6) is 0 Å². The minimum Gasteiger partial charge on any atom is -0.465 e. The Hall–Kier alpha value is -3.97. The standard InChI is InChI=1S/C25H22N4O3/c26-16-17-5-4-6-19(15-17)22-21(18-9-13-27-14-10-18)23(32-28-22)29(24(30)31)25(11-12-25)20-7-2-1-3-8-20/h1-10,13-15H,11-12,16,26H2,(H,30,31). The monoisotopic (exact) mass is 426 g/mol. The Morgan fingerprint density at radius 1 is 1.03 bits per heavy atom. The zero-order valence-electron chi connectivity index (χ0n) is 17.3. The van der Waals surface area contributed by atoms with E-state index in [-0.39, 0.29) is 5.88 Å². The van der Waals surface area contributed by atoms with E-state index in [1.165, 1.54) is 4.90 Å². The van der Waals surface area contributed by atoms with Gasteiger partial charge in [0.05, 0.1) is 11.1 Å². The molecule has 1 saturated carbocycles. The number of rotatable bonds is 6. The Kier molecular flexibility index (Phi) is 4.95. The number of pyridine rings is 1. The zero-order valence-corrected chi connectivity index (χ0v) is 17.3. The molecule has 2 heterocycles. The van der Waals surface area contributed by atoms with Crippen LogP contribution >= 0.6 is 0 Å². The maximum atomic E-state index is 12.6. The summed E-state index contributed by atoms with van der Waals surface area (Å²) < 4.78 is 5.79. The number of carboxylic acid groups (broad SMARTS) is 1. The van der Waals surface area contributed by atoms with Crippen molar-refractivity contribution >= 4 is 12.0 Å². The van der Waals surface area contributed by atoms with Gasteiger partial charge in [-0.05, 0) is 47.7 Å². The third-order valence-electron chi connectivity index (χ3n) is 5.94. The molecule has 0 radical (unpaired) electrons. The number of carbonyl (C=O) groups is 1. The van der Waals surface area contributed by atoms with Gasteiger partial charge >= 0.3 is 6.09 Å². The topological polar surface area (TPSA) is 105 Å². The van der Waals surface area contributed by atoms with Crippen molar-refractivity contribution in [2.45, 2.75) is 24.9 Å². The molecule has 0 saturated heterocycles. The van der Waals surface area contributed by atoms with E-state index in [1.807, 2.05) is 66.7 Å². The van der Waals surface area contributed by atoms with Crippen LogP contribution in [0.4, 0.5) is 10.7 Å². The Morgan fingerprint density at radius 3 is 2.44 bits per heavy atom. The molecule has 0 bridgehead atoms. The minimum atomic E-state index is -1.08. The van der Waals surface area contributed by atoms with Gasteiger partial charge in [0.15, 0.2) is 0 Å². The summed E-state index contributed by atoms with van der Waals surface area (Å²) in [5.74, 6) is 0.207. The number of nitrogens with two attached hydrogens (primary N) is 1. The summed E-state index contributed by atoms with van der Waals surface area (Å²) in [7, 11) is 0. The summed E-state index contributed by atoms with van der Waals surface area (Å²) in [6.45, 7) is 0.390. The minimum absolute atomic E-state index is 0.207. The number of aromatic nitrogens is 2. The average molecular weight is 426 g/mol. The van der Waals surface area contributed by atoms with Gasteiger partial charge in [-0.1, -0.05) is 53.7 Å². The summed E-state index contributed by atoms with van der Waals surface area (Å²) in [4.78, 5) is 18.0. The van der Waals surface area contributed by atoms with Crippen LogP contribution < -0.4 is 10.6 Å². The molecule has 160 valence electrons. The normalized spacial score (nSPS) is 14.2. The first-order valence-corrected chi connectivity index (χ1v) is 10.4. The second kappa shape index (κ2) is 7.94. The molecule has 1 amide bonds. The molecule has 2 aromatic heterocycles. The van der Waals surface area contributed by atoms with Gasteiger partial charge in [0.25, 0.3) is 0 Å². The van der Waals surface area contributed by atoms with Crippen molar-refractivity contribution in [2.24, 2.45) is 5.73 Å². The second-order valence-electron chi connectivity index (χ2n) is 7.87. The van der Waals surface area contributed by atoms with Crippen molar-refractivity contribution < 1.29 is 14.4 Å². The van der Waals surface area contributed by atoms with Gasteiger partial charge < -0.3 is 15.4 Å². The van der Waals surface area contributed by atoms with E-state index >= 15 is 0 Å². The smallest absolute Gasteiger partial charge is 0.415 e. The lowest BCUT2D eigenvalue weighted by Gasteiger charge is -2.28. The summed E-state index contributed by atoms with van der Waals surface area (Å²) in [6, 6.07) is 21.0. The van der Waals surface area contributed by atoms with Crippen LogP contribution in [-0.4, -0.2) is 21.3 Å². The van der Waals surface area contributed by atoms with Crippen molar-refractivity contribution in [2.75, 3.05) is 4.90 Å². The van der Waals surface area contributed by atoms with Crippen LogP contribution in [0.3, 0.4) is 0 Å². The van der Waals surface area contributed by atoms with Crippen LogP contribution in [0.15, 0.2) is 83.6 Å². The molecule has 32 heavy (non-hydrogen) atoms. The van der Waals surface area contributed by atoms with Crippen LogP contribution in [-0.2, 0) is 12.1 Å². The predicted octanol–water partition coefficient (Wildman–Crippen LogP) is 5.04. The second-order valence-corrected chi connectivity index (χ2v) is 7.87. The molecule has 0 spiro atoms. The van der Waals surface area contributed by atoms with Gasteiger partial charge in [-0.2, -0.15) is 0 Å². The van der Waals surface area contributed by atoms with Crippen molar-refractivity contribution in [3.8, 4) is 22.4 Å². The molecule has 0 atom stereocenters. The number of anilines is 1. The van der Waals surface area contributed by atoms with Crippen molar-refractivity contribution in [3.05, 3.63) is 90.3 Å². The van der Waals surface area contributed by atoms with Gasteiger partial charge in [0.1, 0.15) is 5.69 Å². The third kappa shape index (κ3) is 3.33. The summed E-state index contributed by atoms with van der Waals surface area (Å²) in [6.07, 6.45) is 3.67. The van der Waals surface area contributed by atoms with E-state index in [2.05, 4.69) is 10.1 Å². The maximum absolute atomic E-state index is 12.6. The van der Waals surface area contributed by atoms with E-state index < -0.39 is 11.6 Å². The number of hydrogen-bond acceptors (Lipinski definition) is 5. The summed E-state index contributed by atoms with van der Waals surface area (Å²) >= 11 is 0. The lowest BCUT2D eigenvalue weighted by molar-refractivity contribution is 0.195. The molecular weight excluding hydrogens is 404 g/mol. The Morgan fingerprint density at radius 2 is 1.78 bits per heavy atom. The molecule has 1 aliphatic carbocycles. The number of nitrogens with zero attached hydrogens (tertiary/aromatic N) is 3. The Labute approximate surface area is 185 Å². The lowest BCUT2D eigenvalue weighted by Crippen LogP contribution is -2.39. The molecule has 0 aliphatic heterocycles. The molecule has 5 rings (SSSR count). The highest BCUT2D eigenvalue weighted by atomic mass is 16.5. The highest BCUT2D eigenvalue weighted by Crippen LogP contribution is 2.55. The molecular formula is C25H22N4O3. The van der Waals surface area contributed by atoms with Gasteiger partial charge in [-0.15, -0.1) is 0 Å². The zero-order chi connectivity index (χ0) is 22.1. The molecule has 1 aliphatic rings. The molecule has 7 heteroatoms. The van der Waals surface area contributed by atoms with Crippen LogP contribution in [0.1, 0.15) is 24.0 Å². The first kappa shape index (κ1) is 20.0. The summed E-state index contributed by atoms with van der Waals surface area (Å²) in [5.41, 5.74) is 9.81. The number of amides is 1. The largest absolute Gasteiger partial charge is 0.465 e. The van der Waals surface area contributed by atoms with E-state index in [0.29, 0.717) is 30.6 Å². The third-order valence-corrected chi connectivity index (χ3v) is 5.94. The van der Waals surface area contributed by atoms with Crippen molar-refractivity contribution in [3.63, 3.8) is 0 Å². The fraction of sp³-hybridized carbons (Fsp3) is 0.160. The molecule has 0 unspecified atom stereocenters. The van der Waals surface area contributed by atoms with Crippen LogP contribution in [0.25, 0.3) is 22.4 Å². The van der Waals surface area contributed by atoms with E-state index in [4.69, 9.17) is 10.3 Å². The van der Waals surface area contributed by atoms with Crippen LogP contribution in [0, 0.1) is 0 Å². The maximum Gasteiger partial charge on any atom is 0.415 e. The molecule has 3 N–H and O–H groups in total. The van der Waals surface area contributed by atoms with E-state index in [0.717, 1.165) is 22.3 Å². The van der Waals surface area contributed by atoms with Gasteiger partial charge in [-0.25, -0.2) is 9.69 Å². The van der Waals surface area contributed by atoms with Gasteiger partial charge in [-0.3, -0.25) is 4.98 Å². The number of hydrogen-bond donors (Lipinski definition) is 2. The Balaban J connectivity index is 1.72. The summed E-state index contributed by atoms with van der Waals surface area (Å²) in [5, 5.41) is 14.6. The van der Waals surface area contributed by atoms with Crippen molar-refractivity contribution in [1.82, 2.24) is 10.1 Å².